The molecular weight excluding hydrogens is 256 g/mol. The number of aliphatic hydroxyl groups is 1. The molecule has 2 aromatic carbocycles. The summed E-state index contributed by atoms with van der Waals surface area (Å²) >= 11 is 0. The van der Waals surface area contributed by atoms with Gasteiger partial charge in [-0.1, -0.05) is 68.4 Å². The highest BCUT2D eigenvalue weighted by atomic mass is 16.3. The van der Waals surface area contributed by atoms with Crippen LogP contribution in [0.25, 0.3) is 11.1 Å². The van der Waals surface area contributed by atoms with Crippen LogP contribution in [0.5, 0.6) is 0 Å². The summed E-state index contributed by atoms with van der Waals surface area (Å²) in [7, 11) is 0. The Morgan fingerprint density at radius 1 is 0.857 bits per heavy atom. The van der Waals surface area contributed by atoms with E-state index in [4.69, 9.17) is 0 Å². The van der Waals surface area contributed by atoms with Crippen molar-refractivity contribution < 1.29 is 5.11 Å². The molecule has 3 rings (SSSR count). The summed E-state index contributed by atoms with van der Waals surface area (Å²) in [5.74, 6) is 1.30. The van der Waals surface area contributed by atoms with E-state index < -0.39 is 5.60 Å². The third kappa shape index (κ3) is 2.89. The highest BCUT2D eigenvalue weighted by molar-refractivity contribution is 5.63. The largest absolute Gasteiger partial charge is 0.385 e. The van der Waals surface area contributed by atoms with Crippen molar-refractivity contribution in [3.63, 3.8) is 0 Å². The van der Waals surface area contributed by atoms with Gasteiger partial charge in [0.2, 0.25) is 0 Å². The van der Waals surface area contributed by atoms with E-state index in [9.17, 15) is 5.11 Å². The molecule has 2 aromatic rings. The molecule has 1 fully saturated rings. The molecule has 3 unspecified atom stereocenters. The Kier molecular flexibility index (Phi) is 3.86. The molecule has 0 aliphatic heterocycles. The van der Waals surface area contributed by atoms with Crippen molar-refractivity contribution in [2.75, 3.05) is 0 Å². The van der Waals surface area contributed by atoms with Gasteiger partial charge in [0.05, 0.1) is 5.60 Å². The molecule has 110 valence electrons. The summed E-state index contributed by atoms with van der Waals surface area (Å²) in [6.45, 7) is 4.55. The second-order valence-electron chi connectivity index (χ2n) is 6.67. The average molecular weight is 280 g/mol. The monoisotopic (exact) mass is 280 g/mol. The highest BCUT2D eigenvalue weighted by Crippen LogP contribution is 2.42. The van der Waals surface area contributed by atoms with Crippen molar-refractivity contribution in [1.29, 1.82) is 0 Å². The normalized spacial score (nSPS) is 29.3. The predicted octanol–water partition coefficient (Wildman–Crippen LogP) is 5.00. The lowest BCUT2D eigenvalue weighted by Crippen LogP contribution is -2.35. The van der Waals surface area contributed by atoms with Crippen molar-refractivity contribution in [3.05, 3.63) is 60.2 Å². The first-order chi connectivity index (χ1) is 10.1. The zero-order chi connectivity index (χ0) is 14.9. The van der Waals surface area contributed by atoms with E-state index in [2.05, 4.69) is 62.4 Å². The smallest absolute Gasteiger partial charge is 0.0899 e. The van der Waals surface area contributed by atoms with E-state index in [-0.39, 0.29) is 0 Å². The van der Waals surface area contributed by atoms with Gasteiger partial charge in [-0.15, -0.1) is 0 Å². The lowest BCUT2D eigenvalue weighted by Gasteiger charge is -2.39. The van der Waals surface area contributed by atoms with Crippen LogP contribution in [0, 0.1) is 11.8 Å². The molecule has 21 heavy (non-hydrogen) atoms. The van der Waals surface area contributed by atoms with Crippen molar-refractivity contribution in [1.82, 2.24) is 0 Å². The number of hydrogen-bond acceptors (Lipinski definition) is 1. The fourth-order valence-electron chi connectivity index (χ4n) is 3.45. The van der Waals surface area contributed by atoms with Crippen LogP contribution in [0.15, 0.2) is 54.6 Å². The second-order valence-corrected chi connectivity index (χ2v) is 6.67. The van der Waals surface area contributed by atoms with Crippen molar-refractivity contribution in [3.8, 4) is 11.1 Å². The van der Waals surface area contributed by atoms with Crippen LogP contribution in [-0.2, 0) is 5.60 Å². The molecule has 0 heterocycles. The Morgan fingerprint density at radius 2 is 1.48 bits per heavy atom. The number of rotatable bonds is 2. The van der Waals surface area contributed by atoms with E-state index in [0.29, 0.717) is 11.8 Å². The third-order valence-corrected chi connectivity index (χ3v) is 5.17. The molecule has 1 aliphatic rings. The molecule has 1 saturated carbocycles. The molecule has 1 N–H and O–H groups in total. The van der Waals surface area contributed by atoms with Crippen molar-refractivity contribution in [2.45, 2.75) is 38.7 Å². The van der Waals surface area contributed by atoms with Gasteiger partial charge >= 0.3 is 0 Å². The van der Waals surface area contributed by atoms with Gasteiger partial charge in [-0.25, -0.2) is 0 Å². The lowest BCUT2D eigenvalue weighted by atomic mass is 9.70. The van der Waals surface area contributed by atoms with Gasteiger partial charge in [-0.3, -0.25) is 0 Å². The first-order valence-electron chi connectivity index (χ1n) is 7.97. The van der Waals surface area contributed by atoms with E-state index in [1.54, 1.807) is 0 Å². The molecule has 1 heteroatoms. The molecule has 0 amide bonds. The van der Waals surface area contributed by atoms with Gasteiger partial charge < -0.3 is 5.11 Å². The summed E-state index contributed by atoms with van der Waals surface area (Å²) < 4.78 is 0. The molecule has 0 bridgehead atoms. The molecule has 0 spiro atoms. The second kappa shape index (κ2) is 5.65. The standard InChI is InChI=1S/C20H24O/c1-15-12-13-20(21,14-16(15)2)19-10-8-18(9-11-19)17-6-4-3-5-7-17/h3-11,15-16,21H,12-14H2,1-2H3. The summed E-state index contributed by atoms with van der Waals surface area (Å²) in [6, 6.07) is 18.8. The molecule has 3 atom stereocenters. The Morgan fingerprint density at radius 3 is 2.10 bits per heavy atom. The van der Waals surface area contributed by atoms with Crippen LogP contribution in [-0.4, -0.2) is 5.11 Å². The lowest BCUT2D eigenvalue weighted by molar-refractivity contribution is -0.0335. The summed E-state index contributed by atoms with van der Waals surface area (Å²) in [4.78, 5) is 0. The van der Waals surface area contributed by atoms with Gasteiger partial charge in [-0.05, 0) is 47.8 Å². The average Bonchev–Trinajstić information content (AvgIpc) is 2.52. The zero-order valence-electron chi connectivity index (χ0n) is 12.9. The van der Waals surface area contributed by atoms with E-state index in [1.807, 2.05) is 6.07 Å². The van der Waals surface area contributed by atoms with Gasteiger partial charge in [0.1, 0.15) is 0 Å². The number of hydrogen-bond donors (Lipinski definition) is 1. The third-order valence-electron chi connectivity index (χ3n) is 5.17. The number of benzene rings is 2. The van der Waals surface area contributed by atoms with E-state index >= 15 is 0 Å². The minimum absolute atomic E-state index is 0.581. The van der Waals surface area contributed by atoms with E-state index in [1.165, 1.54) is 11.1 Å². The maximum absolute atomic E-state index is 11.0. The fraction of sp³-hybridized carbons (Fsp3) is 0.400. The fourth-order valence-corrected chi connectivity index (χ4v) is 3.45. The Balaban J connectivity index is 1.84. The molecule has 0 radical (unpaired) electrons. The van der Waals surface area contributed by atoms with E-state index in [0.717, 1.165) is 24.8 Å². The predicted molar refractivity (Wildman–Crippen MR) is 88.0 cm³/mol. The van der Waals surface area contributed by atoms with Gasteiger partial charge in [0, 0.05) is 0 Å². The summed E-state index contributed by atoms with van der Waals surface area (Å²) in [5, 5.41) is 11.0. The quantitative estimate of drug-likeness (QED) is 0.821. The van der Waals surface area contributed by atoms with Crippen LogP contribution < -0.4 is 0 Å². The van der Waals surface area contributed by atoms with Crippen LogP contribution in [0.1, 0.15) is 38.7 Å². The zero-order valence-corrected chi connectivity index (χ0v) is 12.9. The van der Waals surface area contributed by atoms with Crippen LogP contribution >= 0.6 is 0 Å². The SMILES string of the molecule is CC1CCC(O)(c2ccc(-c3ccccc3)cc2)CC1C. The maximum atomic E-state index is 11.0. The molecule has 1 nitrogen and oxygen atoms in total. The van der Waals surface area contributed by atoms with Gasteiger partial charge in [0.25, 0.3) is 0 Å². The molecule has 0 saturated heterocycles. The Hall–Kier alpha value is -1.60. The van der Waals surface area contributed by atoms with Crippen LogP contribution in [0.3, 0.4) is 0 Å². The van der Waals surface area contributed by atoms with Crippen molar-refractivity contribution in [2.24, 2.45) is 11.8 Å². The minimum atomic E-state index is -0.638. The first kappa shape index (κ1) is 14.3. The molecule has 0 aromatic heterocycles. The first-order valence-corrected chi connectivity index (χ1v) is 7.97. The Bertz CT molecular complexity index is 587. The van der Waals surface area contributed by atoms with Gasteiger partial charge in [0.15, 0.2) is 0 Å². The minimum Gasteiger partial charge on any atom is -0.385 e. The van der Waals surface area contributed by atoms with Crippen molar-refractivity contribution >= 4 is 0 Å². The Labute approximate surface area is 127 Å². The van der Waals surface area contributed by atoms with Gasteiger partial charge in [-0.2, -0.15) is 0 Å². The molecular formula is C20H24O. The maximum Gasteiger partial charge on any atom is 0.0899 e. The highest BCUT2D eigenvalue weighted by Gasteiger charge is 2.37. The van der Waals surface area contributed by atoms with Crippen LogP contribution in [0.2, 0.25) is 0 Å². The van der Waals surface area contributed by atoms with Crippen LogP contribution in [0.4, 0.5) is 0 Å². The summed E-state index contributed by atoms with van der Waals surface area (Å²) in [5.41, 5.74) is 2.86. The molecule has 1 aliphatic carbocycles. The topological polar surface area (TPSA) is 20.2 Å². The summed E-state index contributed by atoms with van der Waals surface area (Å²) in [6.07, 6.45) is 2.86.